The molecule has 490 valence electrons. The standard InChI is InChI=1S/2C18H11ClN2O.C12H7ClN2O.2C7H4ClNO.C6H3ClN2O.C6H3ClN2S/c19-18-20-15-9-10-22-17(15)16(21-18)14-8-4-7-13(11-14)12-5-2-1-3-6-12;19-18-20-15-10-11-22-17(15)16(21-18)14-8-6-13(7-9-14)12-4-2-1-3-5-12;13-12-14-9-6-7-16-11(9)10(15-12)8-4-2-1-3-5-8;8-7-3-5-1-2-10-6(5)4-9-7;8-7-2-1-6-5(9-7)3-4-10-6;7-5-3-8-6-4(9-5)1-2-10-6;7-5-3-8-4-1-2-10-6(4)9-5/h2*1-11H;1-7H;2*1-4H;2*1-3H. The lowest BCUT2D eigenvalue weighted by molar-refractivity contribution is 0.602. The van der Waals surface area contributed by atoms with Gasteiger partial charge in [0, 0.05) is 52.4 Å². The number of hydrogen-bond donors (Lipinski definition) is 0. The summed E-state index contributed by atoms with van der Waals surface area (Å²) >= 11 is 41.8. The SMILES string of the molecule is Clc1cc2ccoc2cn1.Clc1ccc2occc2n1.Clc1cnc2ccsc2n1.Clc1cnc2occc2n1.Clc1nc(-c2ccc(-c3ccccc3)cc2)c2occc2n1.Clc1nc(-c2cccc(-c3ccccc3)c2)c2occc2n1.Clc1nc(-c2ccccc2)c2occc2n1. The number of aromatic nitrogens is 12. The van der Waals surface area contributed by atoms with Crippen molar-refractivity contribution in [2.45, 2.75) is 0 Å². The Kier molecular flexibility index (Phi) is 21.7. The maximum atomic E-state index is 6.02. The predicted molar refractivity (Wildman–Crippen MR) is 395 cm³/mol. The normalized spacial score (nSPS) is 10.8. The molecule has 0 N–H and O–H groups in total. The van der Waals surface area contributed by atoms with Crippen LogP contribution in [-0.4, -0.2) is 59.8 Å². The van der Waals surface area contributed by atoms with E-state index in [9.17, 15) is 0 Å². The zero-order valence-corrected chi connectivity index (χ0v) is 57.3. The average molecular weight is 1480 g/mol. The van der Waals surface area contributed by atoms with Gasteiger partial charge in [0.2, 0.25) is 21.6 Å². The van der Waals surface area contributed by atoms with Crippen molar-refractivity contribution in [3.63, 3.8) is 0 Å². The zero-order valence-electron chi connectivity index (χ0n) is 51.2. The van der Waals surface area contributed by atoms with Crippen LogP contribution in [0.25, 0.3) is 133 Å². The van der Waals surface area contributed by atoms with E-state index in [1.54, 1.807) is 104 Å². The minimum atomic E-state index is 0.217. The Labute approximate surface area is 605 Å². The Morgan fingerprint density at radius 2 is 0.730 bits per heavy atom. The molecule has 0 bridgehead atoms. The monoisotopic (exact) mass is 1470 g/mol. The summed E-state index contributed by atoms with van der Waals surface area (Å²) in [6.07, 6.45) is 14.1. The molecule has 19 aromatic rings. The highest BCUT2D eigenvalue weighted by molar-refractivity contribution is 7.16. The fourth-order valence-electron chi connectivity index (χ4n) is 9.74. The van der Waals surface area contributed by atoms with Gasteiger partial charge in [0.15, 0.2) is 27.9 Å². The average Bonchev–Trinajstić information content (AvgIpc) is 1.48. The Bertz CT molecular complexity index is 5610. The lowest BCUT2D eigenvalue weighted by Gasteiger charge is -2.06. The van der Waals surface area contributed by atoms with Crippen LogP contribution in [0.15, 0.2) is 288 Å². The van der Waals surface area contributed by atoms with Crippen LogP contribution in [0.3, 0.4) is 0 Å². The molecule has 0 aliphatic heterocycles. The molecule has 5 aromatic carbocycles. The van der Waals surface area contributed by atoms with Gasteiger partial charge >= 0.3 is 0 Å². The van der Waals surface area contributed by atoms with E-state index >= 15 is 0 Å². The third-order valence-corrected chi connectivity index (χ3v) is 16.3. The van der Waals surface area contributed by atoms with Crippen molar-refractivity contribution in [1.29, 1.82) is 0 Å². The van der Waals surface area contributed by atoms with E-state index in [4.69, 9.17) is 108 Å². The van der Waals surface area contributed by atoms with Gasteiger partial charge in [-0.05, 0) is 98.8 Å². The first-order valence-electron chi connectivity index (χ1n) is 29.7. The second-order valence-corrected chi connectivity index (χ2v) is 24.2. The second-order valence-electron chi connectivity index (χ2n) is 20.7. The topological polar surface area (TPSA) is 234 Å². The Morgan fingerprint density at radius 3 is 1.36 bits per heavy atom. The van der Waals surface area contributed by atoms with Crippen molar-refractivity contribution in [2.75, 3.05) is 0 Å². The van der Waals surface area contributed by atoms with Crippen LogP contribution in [0.4, 0.5) is 0 Å². The van der Waals surface area contributed by atoms with Crippen LogP contribution in [0.5, 0.6) is 0 Å². The molecular weight excluding hydrogens is 1430 g/mol. The van der Waals surface area contributed by atoms with Gasteiger partial charge in [0.25, 0.3) is 0 Å². The minimum Gasteiger partial charge on any atom is -0.463 e. The first-order valence-corrected chi connectivity index (χ1v) is 33.2. The molecule has 100 heavy (non-hydrogen) atoms. The van der Waals surface area contributed by atoms with Crippen LogP contribution >= 0.6 is 92.5 Å². The lowest BCUT2D eigenvalue weighted by Crippen LogP contribution is -1.89. The van der Waals surface area contributed by atoms with Gasteiger partial charge in [-0.15, -0.1) is 11.3 Å². The summed E-state index contributed by atoms with van der Waals surface area (Å²) in [6, 6.07) is 64.4. The maximum Gasteiger partial charge on any atom is 0.245 e. The summed E-state index contributed by atoms with van der Waals surface area (Å²) < 4.78 is 31.4. The van der Waals surface area contributed by atoms with Crippen LogP contribution in [0, 0.1) is 0 Å². The summed E-state index contributed by atoms with van der Waals surface area (Å²) in [6.45, 7) is 0. The van der Waals surface area contributed by atoms with Crippen LogP contribution < -0.4 is 0 Å². The number of halogens is 7. The molecule has 0 radical (unpaired) electrons. The van der Waals surface area contributed by atoms with Crippen molar-refractivity contribution in [3.05, 3.63) is 298 Å². The third kappa shape index (κ3) is 16.9. The van der Waals surface area contributed by atoms with E-state index in [0.29, 0.717) is 71.0 Å². The molecule has 0 aliphatic carbocycles. The van der Waals surface area contributed by atoms with Crippen molar-refractivity contribution in [2.24, 2.45) is 0 Å². The second kappa shape index (κ2) is 32.1. The minimum absolute atomic E-state index is 0.217. The molecule has 18 nitrogen and oxygen atoms in total. The van der Waals surface area contributed by atoms with Crippen molar-refractivity contribution in [1.82, 2.24) is 59.8 Å². The van der Waals surface area contributed by atoms with Gasteiger partial charge in [0.1, 0.15) is 70.1 Å². The molecule has 0 aliphatic rings. The van der Waals surface area contributed by atoms with E-state index in [1.165, 1.54) is 18.0 Å². The molecule has 0 atom stereocenters. The molecule has 0 fully saturated rings. The molecule has 0 saturated carbocycles. The van der Waals surface area contributed by atoms with Gasteiger partial charge in [0.05, 0.1) is 61.7 Å². The summed E-state index contributed by atoms with van der Waals surface area (Å²) in [7, 11) is 0. The molecule has 0 spiro atoms. The number of pyridine rings is 2. The van der Waals surface area contributed by atoms with Gasteiger partial charge < -0.3 is 26.5 Å². The number of benzene rings is 5. The third-order valence-electron chi connectivity index (χ3n) is 14.2. The molecule has 19 rings (SSSR count). The fraction of sp³-hybridized carbons (Fsp3) is 0. The molecule has 26 heteroatoms. The predicted octanol–water partition coefficient (Wildman–Crippen LogP) is 23.1. The van der Waals surface area contributed by atoms with Gasteiger partial charge in [-0.2, -0.15) is 0 Å². The Morgan fingerprint density at radius 1 is 0.270 bits per heavy atom. The van der Waals surface area contributed by atoms with Crippen molar-refractivity contribution in [3.8, 4) is 56.0 Å². The number of fused-ring (bicyclic) bond motifs is 7. The van der Waals surface area contributed by atoms with E-state index in [2.05, 4.69) is 108 Å². The van der Waals surface area contributed by atoms with Crippen LogP contribution in [-0.2, 0) is 0 Å². The number of hydrogen-bond acceptors (Lipinski definition) is 19. The first kappa shape index (κ1) is 67.6. The summed E-state index contributed by atoms with van der Waals surface area (Å²) in [4.78, 5) is 49.9. The Hall–Kier alpha value is -11.0. The number of rotatable bonds is 5. The maximum absolute atomic E-state index is 6.02. The number of thiophene rings is 1. The molecule has 14 heterocycles. The fourth-order valence-corrected chi connectivity index (χ4v) is 11.6. The molecule has 0 amide bonds. The van der Waals surface area contributed by atoms with E-state index in [1.807, 2.05) is 109 Å². The van der Waals surface area contributed by atoms with Gasteiger partial charge in [-0.25, -0.2) is 54.8 Å². The molecule has 14 aromatic heterocycles. The zero-order chi connectivity index (χ0) is 68.7. The highest BCUT2D eigenvalue weighted by Crippen LogP contribution is 2.34. The van der Waals surface area contributed by atoms with E-state index in [0.717, 1.165) is 77.0 Å². The van der Waals surface area contributed by atoms with Gasteiger partial charge in [-0.3, -0.25) is 4.98 Å². The molecule has 0 unspecified atom stereocenters. The first-order chi connectivity index (χ1) is 48.9. The summed E-state index contributed by atoms with van der Waals surface area (Å²) in [5.74, 6) is 0. The number of furan rings is 6. The van der Waals surface area contributed by atoms with Crippen LogP contribution in [0.1, 0.15) is 0 Å². The summed E-state index contributed by atoms with van der Waals surface area (Å²) in [5, 5.41) is 5.42. The molecular formula is C74H43Cl7N12O6S. The van der Waals surface area contributed by atoms with E-state index in [-0.39, 0.29) is 15.9 Å². The Balaban J connectivity index is 0.000000108. The van der Waals surface area contributed by atoms with E-state index < -0.39 is 0 Å². The quantitative estimate of drug-likeness (QED) is 0.115. The summed E-state index contributed by atoms with van der Waals surface area (Å²) in [5.41, 5.74) is 18.2. The smallest absolute Gasteiger partial charge is 0.245 e. The lowest BCUT2D eigenvalue weighted by atomic mass is 10.0. The van der Waals surface area contributed by atoms with Gasteiger partial charge in [-0.1, -0.05) is 180 Å². The highest BCUT2D eigenvalue weighted by Gasteiger charge is 2.16. The number of nitrogens with zero attached hydrogens (tertiary/aromatic N) is 12. The molecule has 0 saturated heterocycles. The van der Waals surface area contributed by atoms with Crippen molar-refractivity contribution < 1.29 is 26.5 Å². The van der Waals surface area contributed by atoms with Crippen LogP contribution in [0.2, 0.25) is 36.5 Å². The van der Waals surface area contributed by atoms with Crippen molar-refractivity contribution >= 4 is 169 Å². The largest absolute Gasteiger partial charge is 0.463 e. The highest BCUT2D eigenvalue weighted by atomic mass is 35.5.